The third kappa shape index (κ3) is 19.3. The summed E-state index contributed by atoms with van der Waals surface area (Å²) in [4.78, 5) is 10.6. The van der Waals surface area contributed by atoms with Crippen molar-refractivity contribution in [1.29, 1.82) is 0 Å². The number of ether oxygens (including phenoxy) is 2. The zero-order chi connectivity index (χ0) is 25.4. The molecule has 0 aromatic heterocycles. The van der Waals surface area contributed by atoms with Gasteiger partial charge in [-0.25, -0.2) is 0 Å². The Morgan fingerprint density at radius 1 is 0.743 bits per heavy atom. The van der Waals surface area contributed by atoms with Crippen molar-refractivity contribution in [2.45, 2.75) is 136 Å². The predicted molar refractivity (Wildman–Crippen MR) is 147 cm³/mol. The standard InChI is InChI=1S/C31H54O4/c1-3-4-5-6-9-12-15-18-28(19-16-13-10-7-8-11-14-17-20-31(32)33)25-26-35-27-29-21-23-30(34-2)24-22-29/h21-24,28H,3-20,25-27H2,1-2H3,(H,32,33). The lowest BCUT2D eigenvalue weighted by Gasteiger charge is -2.17. The summed E-state index contributed by atoms with van der Waals surface area (Å²) in [7, 11) is 1.70. The Bertz CT molecular complexity index is 599. The van der Waals surface area contributed by atoms with Crippen molar-refractivity contribution in [3.05, 3.63) is 29.8 Å². The minimum absolute atomic E-state index is 0.323. The van der Waals surface area contributed by atoms with E-state index in [9.17, 15) is 4.79 Å². The molecule has 0 amide bonds. The van der Waals surface area contributed by atoms with Crippen molar-refractivity contribution in [1.82, 2.24) is 0 Å². The molecule has 0 bridgehead atoms. The van der Waals surface area contributed by atoms with Crippen LogP contribution in [0.2, 0.25) is 0 Å². The molecule has 0 radical (unpaired) electrons. The van der Waals surface area contributed by atoms with Crippen molar-refractivity contribution in [3.63, 3.8) is 0 Å². The van der Waals surface area contributed by atoms with Crippen LogP contribution < -0.4 is 4.74 Å². The molecule has 0 fully saturated rings. The van der Waals surface area contributed by atoms with Gasteiger partial charge in [0, 0.05) is 13.0 Å². The van der Waals surface area contributed by atoms with E-state index in [0.717, 1.165) is 31.1 Å². The molecule has 1 N–H and O–H groups in total. The summed E-state index contributed by atoms with van der Waals surface area (Å²) in [5, 5.41) is 8.70. The van der Waals surface area contributed by atoms with Crippen molar-refractivity contribution in [3.8, 4) is 5.75 Å². The van der Waals surface area contributed by atoms with Gasteiger partial charge in [-0.2, -0.15) is 0 Å². The van der Waals surface area contributed by atoms with Gasteiger partial charge in [0.2, 0.25) is 0 Å². The number of hydrogen-bond donors (Lipinski definition) is 1. The van der Waals surface area contributed by atoms with Gasteiger partial charge in [-0.1, -0.05) is 122 Å². The highest BCUT2D eigenvalue weighted by atomic mass is 16.5. The molecule has 0 aliphatic heterocycles. The maximum atomic E-state index is 10.6. The molecule has 0 saturated carbocycles. The van der Waals surface area contributed by atoms with Crippen molar-refractivity contribution >= 4 is 5.97 Å². The summed E-state index contributed by atoms with van der Waals surface area (Å²) in [6.45, 7) is 3.81. The number of carboxylic acids is 1. The Balaban J connectivity index is 2.19. The van der Waals surface area contributed by atoms with Crippen LogP contribution in [0.4, 0.5) is 0 Å². The molecule has 1 aromatic carbocycles. The van der Waals surface area contributed by atoms with Crippen LogP contribution in [0.5, 0.6) is 5.75 Å². The average Bonchev–Trinajstić information content (AvgIpc) is 2.86. The lowest BCUT2D eigenvalue weighted by Crippen LogP contribution is -2.06. The summed E-state index contributed by atoms with van der Waals surface area (Å²) in [5.41, 5.74) is 1.21. The molecule has 4 nitrogen and oxygen atoms in total. The molecular weight excluding hydrogens is 436 g/mol. The second-order valence-electron chi connectivity index (χ2n) is 10.2. The van der Waals surface area contributed by atoms with Gasteiger partial charge in [-0.15, -0.1) is 0 Å². The van der Waals surface area contributed by atoms with Gasteiger partial charge in [0.1, 0.15) is 5.75 Å². The molecule has 1 rings (SSSR count). The third-order valence-electron chi connectivity index (χ3n) is 7.07. The van der Waals surface area contributed by atoms with E-state index in [4.69, 9.17) is 14.6 Å². The zero-order valence-electron chi connectivity index (χ0n) is 22.9. The Kier molecular flexibility index (Phi) is 20.6. The SMILES string of the molecule is CCCCCCCCCC(CCCCCCCCCCC(=O)O)CCOCc1ccc(OC)cc1. The number of hydrogen-bond acceptors (Lipinski definition) is 3. The van der Waals surface area contributed by atoms with E-state index in [0.29, 0.717) is 13.0 Å². The Hall–Kier alpha value is -1.55. The highest BCUT2D eigenvalue weighted by Gasteiger charge is 2.09. The number of methoxy groups -OCH3 is 1. The fraction of sp³-hybridized carbons (Fsp3) is 0.774. The fourth-order valence-electron chi connectivity index (χ4n) is 4.75. The molecule has 4 heteroatoms. The molecule has 1 unspecified atom stereocenters. The smallest absolute Gasteiger partial charge is 0.303 e. The topological polar surface area (TPSA) is 55.8 Å². The number of benzene rings is 1. The first-order valence-corrected chi connectivity index (χ1v) is 14.6. The number of unbranched alkanes of at least 4 members (excludes halogenated alkanes) is 13. The van der Waals surface area contributed by atoms with Crippen LogP contribution in [-0.4, -0.2) is 24.8 Å². The highest BCUT2D eigenvalue weighted by Crippen LogP contribution is 2.23. The van der Waals surface area contributed by atoms with Crippen LogP contribution >= 0.6 is 0 Å². The normalized spacial score (nSPS) is 12.1. The van der Waals surface area contributed by atoms with Gasteiger partial charge in [-0.3, -0.25) is 4.79 Å². The molecule has 0 saturated heterocycles. The quantitative estimate of drug-likeness (QED) is 0.139. The predicted octanol–water partition coefficient (Wildman–Crippen LogP) is 9.34. The Morgan fingerprint density at radius 2 is 1.26 bits per heavy atom. The Labute approximate surface area is 216 Å². The van der Waals surface area contributed by atoms with Gasteiger partial charge >= 0.3 is 5.97 Å². The molecule has 0 heterocycles. The van der Waals surface area contributed by atoms with Gasteiger partial charge in [0.25, 0.3) is 0 Å². The maximum absolute atomic E-state index is 10.6. The molecule has 35 heavy (non-hydrogen) atoms. The van der Waals surface area contributed by atoms with E-state index in [2.05, 4.69) is 19.1 Å². The number of carbonyl (C=O) groups is 1. The van der Waals surface area contributed by atoms with Crippen LogP contribution in [-0.2, 0) is 16.1 Å². The average molecular weight is 491 g/mol. The molecule has 0 spiro atoms. The fourth-order valence-corrected chi connectivity index (χ4v) is 4.75. The first-order valence-electron chi connectivity index (χ1n) is 14.6. The summed E-state index contributed by atoms with van der Waals surface area (Å²) in [6.07, 6.45) is 23.4. The summed E-state index contributed by atoms with van der Waals surface area (Å²) in [5.74, 6) is 1.02. The number of rotatable bonds is 25. The molecule has 202 valence electrons. The minimum atomic E-state index is -0.665. The lowest BCUT2D eigenvalue weighted by molar-refractivity contribution is -0.137. The van der Waals surface area contributed by atoms with Crippen molar-refractivity contribution in [2.75, 3.05) is 13.7 Å². The largest absolute Gasteiger partial charge is 0.497 e. The number of carboxylic acid groups (broad SMARTS) is 1. The minimum Gasteiger partial charge on any atom is -0.497 e. The van der Waals surface area contributed by atoms with Gasteiger partial charge < -0.3 is 14.6 Å². The second-order valence-corrected chi connectivity index (χ2v) is 10.2. The lowest BCUT2D eigenvalue weighted by atomic mass is 9.91. The van der Waals surface area contributed by atoms with Crippen LogP contribution in [0.1, 0.15) is 134 Å². The van der Waals surface area contributed by atoms with Crippen molar-refractivity contribution in [2.24, 2.45) is 5.92 Å². The third-order valence-corrected chi connectivity index (χ3v) is 7.07. The van der Waals surface area contributed by atoms with E-state index in [-0.39, 0.29) is 0 Å². The monoisotopic (exact) mass is 490 g/mol. The number of aliphatic carboxylic acids is 1. The molecule has 0 aliphatic rings. The first-order chi connectivity index (χ1) is 17.2. The first kappa shape index (κ1) is 31.5. The van der Waals surface area contributed by atoms with E-state index in [1.54, 1.807) is 7.11 Å². The van der Waals surface area contributed by atoms with E-state index >= 15 is 0 Å². The summed E-state index contributed by atoms with van der Waals surface area (Å²) in [6, 6.07) is 8.16. The van der Waals surface area contributed by atoms with Crippen molar-refractivity contribution < 1.29 is 19.4 Å². The van der Waals surface area contributed by atoms with Crippen LogP contribution in [0, 0.1) is 5.92 Å². The van der Waals surface area contributed by atoms with E-state index < -0.39 is 5.97 Å². The molecule has 1 aromatic rings. The van der Waals surface area contributed by atoms with Gasteiger partial charge in [0.05, 0.1) is 13.7 Å². The molecule has 0 aliphatic carbocycles. The van der Waals surface area contributed by atoms with Crippen LogP contribution in [0.15, 0.2) is 24.3 Å². The van der Waals surface area contributed by atoms with Gasteiger partial charge in [0.15, 0.2) is 0 Å². The zero-order valence-corrected chi connectivity index (χ0v) is 22.9. The summed E-state index contributed by atoms with van der Waals surface area (Å²) >= 11 is 0. The molecule has 1 atom stereocenters. The molecular formula is C31H54O4. The van der Waals surface area contributed by atoms with E-state index in [1.807, 2.05) is 12.1 Å². The maximum Gasteiger partial charge on any atom is 0.303 e. The second kappa shape index (κ2) is 22.9. The highest BCUT2D eigenvalue weighted by molar-refractivity contribution is 5.66. The van der Waals surface area contributed by atoms with Crippen LogP contribution in [0.3, 0.4) is 0 Å². The Morgan fingerprint density at radius 3 is 1.77 bits per heavy atom. The summed E-state index contributed by atoms with van der Waals surface area (Å²) < 4.78 is 11.3. The van der Waals surface area contributed by atoms with Gasteiger partial charge in [-0.05, 0) is 36.5 Å². The van der Waals surface area contributed by atoms with E-state index in [1.165, 1.54) is 108 Å². The van der Waals surface area contributed by atoms with Crippen LogP contribution in [0.25, 0.3) is 0 Å².